The van der Waals surface area contributed by atoms with Crippen LogP contribution in [0.15, 0.2) is 24.3 Å². The van der Waals surface area contributed by atoms with Gasteiger partial charge in [-0.2, -0.15) is 0 Å². The van der Waals surface area contributed by atoms with E-state index in [1.54, 1.807) is 0 Å². The molecule has 0 aliphatic rings. The van der Waals surface area contributed by atoms with Crippen molar-refractivity contribution in [3.63, 3.8) is 0 Å². The van der Waals surface area contributed by atoms with Gasteiger partial charge in [0, 0.05) is 30.4 Å². The van der Waals surface area contributed by atoms with Crippen molar-refractivity contribution in [1.29, 1.82) is 0 Å². The van der Waals surface area contributed by atoms with E-state index in [9.17, 15) is 20.0 Å². The van der Waals surface area contributed by atoms with E-state index in [4.69, 9.17) is 0 Å². The summed E-state index contributed by atoms with van der Waals surface area (Å²) in [6, 6.07) is 5.38. The highest BCUT2D eigenvalue weighted by Gasteiger charge is 2.12. The highest BCUT2D eigenvalue weighted by atomic mass is 16.6. The topological polar surface area (TPSA) is 130 Å². The molecule has 0 saturated heterocycles. The molecule has 2 rings (SSSR count). The van der Waals surface area contributed by atoms with E-state index in [1.807, 2.05) is 19.9 Å². The molecule has 0 atom stereocenters. The Kier molecular flexibility index (Phi) is 5.83. The van der Waals surface area contributed by atoms with Gasteiger partial charge in [0.25, 0.3) is 5.69 Å². The number of nitro groups is 1. The van der Waals surface area contributed by atoms with Crippen molar-refractivity contribution in [3.05, 3.63) is 45.8 Å². The van der Waals surface area contributed by atoms with Crippen molar-refractivity contribution in [2.24, 2.45) is 0 Å². The van der Waals surface area contributed by atoms with Gasteiger partial charge in [0.15, 0.2) is 0 Å². The normalized spacial score (nSPS) is 10.3. The second kappa shape index (κ2) is 8.04. The van der Waals surface area contributed by atoms with Gasteiger partial charge in [-0.1, -0.05) is 0 Å². The number of aromatic hydroxyl groups is 1. The molecule has 132 valence electrons. The summed E-state index contributed by atoms with van der Waals surface area (Å²) in [5.41, 5.74) is 1.62. The van der Waals surface area contributed by atoms with Gasteiger partial charge in [-0.25, -0.2) is 9.97 Å². The molecular weight excluding hydrogens is 326 g/mol. The number of phenolic OH excluding ortho intramolecular Hbond substituents is 1. The smallest absolute Gasteiger partial charge is 0.273 e. The van der Waals surface area contributed by atoms with Gasteiger partial charge in [-0.3, -0.25) is 14.9 Å². The fourth-order valence-electron chi connectivity index (χ4n) is 2.21. The first kappa shape index (κ1) is 18.1. The summed E-state index contributed by atoms with van der Waals surface area (Å²) in [7, 11) is 0. The Labute approximate surface area is 144 Å². The van der Waals surface area contributed by atoms with Gasteiger partial charge in [0.1, 0.15) is 5.75 Å². The minimum Gasteiger partial charge on any atom is -0.506 e. The summed E-state index contributed by atoms with van der Waals surface area (Å²) in [6.07, 6.45) is 0.754. The minimum atomic E-state index is -0.619. The average Bonchev–Trinajstić information content (AvgIpc) is 2.52. The predicted molar refractivity (Wildman–Crippen MR) is 92.6 cm³/mol. The Hall–Kier alpha value is -3.23. The van der Waals surface area contributed by atoms with Crippen LogP contribution in [0.3, 0.4) is 0 Å². The number of nitrogens with one attached hydrogen (secondary N) is 2. The number of nitrogens with zero attached hydrogens (tertiary/aromatic N) is 3. The SMILES string of the molecule is Cc1cc(C)nc(NCCCC(=O)Nc2ccc([N+](=O)[O-])cc2O)n1. The van der Waals surface area contributed by atoms with E-state index >= 15 is 0 Å². The van der Waals surface area contributed by atoms with Crippen molar-refractivity contribution in [2.45, 2.75) is 26.7 Å². The van der Waals surface area contributed by atoms with Crippen molar-refractivity contribution < 1.29 is 14.8 Å². The Morgan fingerprint density at radius 1 is 1.24 bits per heavy atom. The second-order valence-corrected chi connectivity index (χ2v) is 5.51. The molecule has 1 aromatic carbocycles. The third kappa shape index (κ3) is 5.41. The highest BCUT2D eigenvalue weighted by Crippen LogP contribution is 2.27. The molecule has 9 heteroatoms. The van der Waals surface area contributed by atoms with Crippen LogP contribution in [0, 0.1) is 24.0 Å². The fourth-order valence-corrected chi connectivity index (χ4v) is 2.21. The van der Waals surface area contributed by atoms with Crippen LogP contribution >= 0.6 is 0 Å². The van der Waals surface area contributed by atoms with Crippen LogP contribution in [0.4, 0.5) is 17.3 Å². The zero-order valence-electron chi connectivity index (χ0n) is 13.9. The van der Waals surface area contributed by atoms with Crippen LogP contribution in [0.25, 0.3) is 0 Å². The van der Waals surface area contributed by atoms with E-state index in [2.05, 4.69) is 20.6 Å². The quantitative estimate of drug-likeness (QED) is 0.304. The van der Waals surface area contributed by atoms with Crippen molar-refractivity contribution >= 4 is 23.2 Å². The summed E-state index contributed by atoms with van der Waals surface area (Å²) in [5, 5.41) is 25.9. The third-order valence-corrected chi connectivity index (χ3v) is 3.31. The summed E-state index contributed by atoms with van der Waals surface area (Å²) >= 11 is 0. The second-order valence-electron chi connectivity index (χ2n) is 5.51. The van der Waals surface area contributed by atoms with Crippen molar-refractivity contribution in [1.82, 2.24) is 9.97 Å². The number of amides is 1. The van der Waals surface area contributed by atoms with Crippen LogP contribution < -0.4 is 10.6 Å². The summed E-state index contributed by atoms with van der Waals surface area (Å²) in [4.78, 5) is 30.4. The number of phenols is 1. The first-order valence-corrected chi connectivity index (χ1v) is 7.68. The molecule has 0 radical (unpaired) electrons. The molecule has 1 aromatic heterocycles. The molecule has 0 aliphatic heterocycles. The molecule has 9 nitrogen and oxygen atoms in total. The molecule has 0 bridgehead atoms. The van der Waals surface area contributed by atoms with Gasteiger partial charge in [0.2, 0.25) is 11.9 Å². The van der Waals surface area contributed by atoms with Crippen LogP contribution in [0.5, 0.6) is 5.75 Å². The molecule has 0 fully saturated rings. The molecule has 0 spiro atoms. The molecule has 0 saturated carbocycles. The first-order valence-electron chi connectivity index (χ1n) is 7.68. The number of aromatic nitrogens is 2. The zero-order valence-corrected chi connectivity index (χ0v) is 13.9. The number of non-ortho nitro benzene ring substituents is 1. The number of hydrogen-bond donors (Lipinski definition) is 3. The minimum absolute atomic E-state index is 0.140. The Bertz CT molecular complexity index is 774. The van der Waals surface area contributed by atoms with Crippen LogP contribution in [0.1, 0.15) is 24.2 Å². The maximum Gasteiger partial charge on any atom is 0.273 e. The van der Waals surface area contributed by atoms with E-state index in [0.717, 1.165) is 17.5 Å². The molecule has 1 amide bonds. The largest absolute Gasteiger partial charge is 0.506 e. The Morgan fingerprint density at radius 2 is 1.92 bits per heavy atom. The van der Waals surface area contributed by atoms with Gasteiger partial charge >= 0.3 is 0 Å². The van der Waals surface area contributed by atoms with E-state index < -0.39 is 4.92 Å². The molecular formula is C16H19N5O4. The van der Waals surface area contributed by atoms with Gasteiger partial charge in [-0.15, -0.1) is 0 Å². The van der Waals surface area contributed by atoms with Crippen molar-refractivity contribution in [2.75, 3.05) is 17.2 Å². The molecule has 2 aromatic rings. The molecule has 25 heavy (non-hydrogen) atoms. The van der Waals surface area contributed by atoms with E-state index in [-0.39, 0.29) is 29.5 Å². The summed E-state index contributed by atoms with van der Waals surface area (Å²) < 4.78 is 0. The third-order valence-electron chi connectivity index (χ3n) is 3.31. The number of nitro benzene ring substituents is 1. The predicted octanol–water partition coefficient (Wildman–Crippen LogP) is 2.54. The average molecular weight is 345 g/mol. The molecule has 0 unspecified atom stereocenters. The van der Waals surface area contributed by atoms with Gasteiger partial charge < -0.3 is 15.7 Å². The Balaban J connectivity index is 1.80. The van der Waals surface area contributed by atoms with Crippen LogP contribution in [-0.2, 0) is 4.79 Å². The van der Waals surface area contributed by atoms with Crippen LogP contribution in [-0.4, -0.2) is 32.4 Å². The van der Waals surface area contributed by atoms with Crippen molar-refractivity contribution in [3.8, 4) is 5.75 Å². The van der Waals surface area contributed by atoms with E-state index in [1.165, 1.54) is 12.1 Å². The Morgan fingerprint density at radius 3 is 2.52 bits per heavy atom. The number of anilines is 2. The number of rotatable bonds is 7. The van der Waals surface area contributed by atoms with Gasteiger partial charge in [-0.05, 0) is 32.4 Å². The standard InChI is InChI=1S/C16H19N5O4/c1-10-8-11(2)19-16(18-10)17-7-3-4-15(23)20-13-6-5-12(21(24)25)9-14(13)22/h5-6,8-9,22H,3-4,7H2,1-2H3,(H,20,23)(H,17,18,19). The fraction of sp³-hybridized carbons (Fsp3) is 0.312. The number of hydrogen-bond acceptors (Lipinski definition) is 7. The molecule has 1 heterocycles. The maximum atomic E-state index is 11.9. The molecule has 3 N–H and O–H groups in total. The monoisotopic (exact) mass is 345 g/mol. The summed E-state index contributed by atoms with van der Waals surface area (Å²) in [5.74, 6) is -0.123. The number of benzene rings is 1. The maximum absolute atomic E-state index is 11.9. The lowest BCUT2D eigenvalue weighted by atomic mass is 10.2. The van der Waals surface area contributed by atoms with Gasteiger partial charge in [0.05, 0.1) is 16.7 Å². The lowest BCUT2D eigenvalue weighted by Gasteiger charge is -2.08. The highest BCUT2D eigenvalue weighted by molar-refractivity contribution is 5.92. The molecule has 0 aliphatic carbocycles. The number of carbonyl (C=O) groups excluding carboxylic acids is 1. The van der Waals surface area contributed by atoms with Crippen LogP contribution in [0.2, 0.25) is 0 Å². The summed E-state index contributed by atoms with van der Waals surface area (Å²) in [6.45, 7) is 4.27. The first-order chi connectivity index (χ1) is 11.8. The number of aryl methyl sites for hydroxylation is 2. The number of carbonyl (C=O) groups is 1. The lowest BCUT2D eigenvalue weighted by molar-refractivity contribution is -0.384. The lowest BCUT2D eigenvalue weighted by Crippen LogP contribution is -2.14. The zero-order chi connectivity index (χ0) is 18.4. The van der Waals surface area contributed by atoms with E-state index in [0.29, 0.717) is 18.9 Å².